The molecule has 19 heavy (non-hydrogen) atoms. The highest BCUT2D eigenvalue weighted by molar-refractivity contribution is 6.31. The average Bonchev–Trinajstić information content (AvgIpc) is 2.38. The molecule has 0 fully saturated rings. The Morgan fingerprint density at radius 1 is 1.26 bits per heavy atom. The summed E-state index contributed by atoms with van der Waals surface area (Å²) in [5.41, 5.74) is 2.61. The molecule has 0 spiro atoms. The van der Waals surface area contributed by atoms with Crippen LogP contribution >= 0.6 is 11.6 Å². The fourth-order valence-electron chi connectivity index (χ4n) is 1.73. The quantitative estimate of drug-likeness (QED) is 0.923. The zero-order valence-corrected chi connectivity index (χ0v) is 11.8. The Morgan fingerprint density at radius 2 is 2.00 bits per heavy atom. The SMILES string of the molecule is CCNc1nc(-c2ccc(F)c(Cl)c2)nc(C)c1C. The van der Waals surface area contributed by atoms with E-state index in [1.54, 1.807) is 6.07 Å². The topological polar surface area (TPSA) is 37.8 Å². The van der Waals surface area contributed by atoms with Gasteiger partial charge in [0.25, 0.3) is 0 Å². The molecule has 2 rings (SSSR count). The number of rotatable bonds is 3. The average molecular weight is 280 g/mol. The molecule has 0 aliphatic heterocycles. The van der Waals surface area contributed by atoms with Gasteiger partial charge in [0.1, 0.15) is 11.6 Å². The molecule has 100 valence electrons. The maximum Gasteiger partial charge on any atom is 0.161 e. The lowest BCUT2D eigenvalue weighted by molar-refractivity contribution is 0.628. The maximum absolute atomic E-state index is 13.2. The van der Waals surface area contributed by atoms with Crippen LogP contribution in [0.15, 0.2) is 18.2 Å². The first-order valence-electron chi connectivity index (χ1n) is 6.07. The summed E-state index contributed by atoms with van der Waals surface area (Å²) in [6.45, 7) is 6.67. The second-order valence-corrected chi connectivity index (χ2v) is 4.67. The smallest absolute Gasteiger partial charge is 0.161 e. The van der Waals surface area contributed by atoms with Crippen LogP contribution in [0.5, 0.6) is 0 Å². The lowest BCUT2D eigenvalue weighted by Gasteiger charge is -2.11. The number of hydrogen-bond donors (Lipinski definition) is 1. The molecule has 2 aromatic rings. The van der Waals surface area contributed by atoms with Gasteiger partial charge in [-0.3, -0.25) is 0 Å². The summed E-state index contributed by atoms with van der Waals surface area (Å²) >= 11 is 5.79. The van der Waals surface area contributed by atoms with Crippen LogP contribution in [0.2, 0.25) is 5.02 Å². The molecular formula is C14H15ClFN3. The van der Waals surface area contributed by atoms with Crippen LogP contribution in [0.4, 0.5) is 10.2 Å². The molecular weight excluding hydrogens is 265 g/mol. The Morgan fingerprint density at radius 3 is 2.63 bits per heavy atom. The maximum atomic E-state index is 13.2. The molecule has 0 saturated carbocycles. The summed E-state index contributed by atoms with van der Waals surface area (Å²) in [5, 5.41) is 3.27. The van der Waals surface area contributed by atoms with E-state index in [1.165, 1.54) is 12.1 Å². The predicted octanol–water partition coefficient (Wildman–Crippen LogP) is 3.98. The van der Waals surface area contributed by atoms with Gasteiger partial charge < -0.3 is 5.32 Å². The number of aryl methyl sites for hydroxylation is 1. The number of nitrogens with zero attached hydrogens (tertiary/aromatic N) is 2. The van der Waals surface area contributed by atoms with E-state index in [0.717, 1.165) is 23.6 Å². The first kappa shape index (κ1) is 13.7. The number of hydrogen-bond acceptors (Lipinski definition) is 3. The second kappa shape index (κ2) is 5.53. The number of benzene rings is 1. The van der Waals surface area contributed by atoms with Crippen molar-refractivity contribution in [2.45, 2.75) is 20.8 Å². The van der Waals surface area contributed by atoms with Crippen LogP contribution in [0, 0.1) is 19.7 Å². The van der Waals surface area contributed by atoms with Crippen molar-refractivity contribution in [3.05, 3.63) is 40.3 Å². The first-order valence-corrected chi connectivity index (χ1v) is 6.45. The van der Waals surface area contributed by atoms with Gasteiger partial charge in [0, 0.05) is 23.4 Å². The van der Waals surface area contributed by atoms with Gasteiger partial charge >= 0.3 is 0 Å². The second-order valence-electron chi connectivity index (χ2n) is 4.27. The molecule has 0 saturated heterocycles. The third kappa shape index (κ3) is 2.84. The third-order valence-electron chi connectivity index (χ3n) is 2.91. The van der Waals surface area contributed by atoms with Crippen LogP contribution in [-0.2, 0) is 0 Å². The third-order valence-corrected chi connectivity index (χ3v) is 3.20. The lowest BCUT2D eigenvalue weighted by Crippen LogP contribution is -2.06. The summed E-state index contributed by atoms with van der Waals surface area (Å²) in [6.07, 6.45) is 0. The monoisotopic (exact) mass is 279 g/mol. The molecule has 0 bridgehead atoms. The standard InChI is InChI=1S/C14H15ClFN3/c1-4-17-13-8(2)9(3)18-14(19-13)10-5-6-12(16)11(15)7-10/h5-7H,4H2,1-3H3,(H,17,18,19). The van der Waals surface area contributed by atoms with Gasteiger partial charge in [0.05, 0.1) is 5.02 Å². The lowest BCUT2D eigenvalue weighted by atomic mass is 10.2. The van der Waals surface area contributed by atoms with E-state index in [0.29, 0.717) is 11.4 Å². The molecule has 1 N–H and O–H groups in total. The van der Waals surface area contributed by atoms with Gasteiger partial charge in [-0.15, -0.1) is 0 Å². The van der Waals surface area contributed by atoms with E-state index in [9.17, 15) is 4.39 Å². The molecule has 0 radical (unpaired) electrons. The Hall–Kier alpha value is -1.68. The summed E-state index contributed by atoms with van der Waals surface area (Å²) in [5.74, 6) is 0.896. The highest BCUT2D eigenvalue weighted by Gasteiger charge is 2.10. The van der Waals surface area contributed by atoms with Crippen molar-refractivity contribution in [1.82, 2.24) is 9.97 Å². The molecule has 3 nitrogen and oxygen atoms in total. The van der Waals surface area contributed by atoms with Crippen LogP contribution in [0.1, 0.15) is 18.2 Å². The summed E-state index contributed by atoms with van der Waals surface area (Å²) in [7, 11) is 0. The molecule has 0 atom stereocenters. The zero-order valence-electron chi connectivity index (χ0n) is 11.1. The Balaban J connectivity index is 2.52. The van der Waals surface area contributed by atoms with Gasteiger partial charge in [0.2, 0.25) is 0 Å². The Kier molecular flexibility index (Phi) is 4.00. The van der Waals surface area contributed by atoms with E-state index in [1.807, 2.05) is 20.8 Å². The highest BCUT2D eigenvalue weighted by Crippen LogP contribution is 2.25. The molecule has 1 heterocycles. The number of anilines is 1. The molecule has 1 aromatic heterocycles. The minimum atomic E-state index is -0.443. The zero-order chi connectivity index (χ0) is 14.0. The van der Waals surface area contributed by atoms with E-state index in [-0.39, 0.29) is 5.02 Å². The normalized spacial score (nSPS) is 10.6. The molecule has 0 aliphatic carbocycles. The molecule has 5 heteroatoms. The minimum absolute atomic E-state index is 0.0735. The van der Waals surface area contributed by atoms with Crippen molar-refractivity contribution >= 4 is 17.4 Å². The Labute approximate surface area is 116 Å². The molecule has 0 unspecified atom stereocenters. The fourth-order valence-corrected chi connectivity index (χ4v) is 1.91. The first-order chi connectivity index (χ1) is 9.02. The van der Waals surface area contributed by atoms with Crippen LogP contribution in [0.25, 0.3) is 11.4 Å². The van der Waals surface area contributed by atoms with Crippen molar-refractivity contribution < 1.29 is 4.39 Å². The molecule has 1 aromatic carbocycles. The van der Waals surface area contributed by atoms with E-state index in [2.05, 4.69) is 15.3 Å². The van der Waals surface area contributed by atoms with Crippen molar-refractivity contribution in [1.29, 1.82) is 0 Å². The summed E-state index contributed by atoms with van der Waals surface area (Å²) < 4.78 is 13.2. The van der Waals surface area contributed by atoms with Gasteiger partial charge in [0.15, 0.2) is 5.82 Å². The minimum Gasteiger partial charge on any atom is -0.370 e. The van der Waals surface area contributed by atoms with Crippen molar-refractivity contribution in [2.24, 2.45) is 0 Å². The van der Waals surface area contributed by atoms with Crippen molar-refractivity contribution in [2.75, 3.05) is 11.9 Å². The van der Waals surface area contributed by atoms with E-state index in [4.69, 9.17) is 11.6 Å². The van der Waals surface area contributed by atoms with E-state index >= 15 is 0 Å². The van der Waals surface area contributed by atoms with Gasteiger partial charge in [-0.1, -0.05) is 11.6 Å². The number of aromatic nitrogens is 2. The number of halogens is 2. The fraction of sp³-hybridized carbons (Fsp3) is 0.286. The van der Waals surface area contributed by atoms with E-state index < -0.39 is 5.82 Å². The molecule has 0 aliphatic rings. The van der Waals surface area contributed by atoms with Crippen LogP contribution in [0.3, 0.4) is 0 Å². The number of nitrogens with one attached hydrogen (secondary N) is 1. The summed E-state index contributed by atoms with van der Waals surface area (Å²) in [4.78, 5) is 8.89. The highest BCUT2D eigenvalue weighted by atomic mass is 35.5. The van der Waals surface area contributed by atoms with Crippen LogP contribution < -0.4 is 5.32 Å². The van der Waals surface area contributed by atoms with Gasteiger partial charge in [-0.25, -0.2) is 14.4 Å². The van der Waals surface area contributed by atoms with Crippen LogP contribution in [-0.4, -0.2) is 16.5 Å². The Bertz CT molecular complexity index is 614. The summed E-state index contributed by atoms with van der Waals surface area (Å²) in [6, 6.07) is 4.49. The largest absolute Gasteiger partial charge is 0.370 e. The van der Waals surface area contributed by atoms with Crippen molar-refractivity contribution in [3.8, 4) is 11.4 Å². The predicted molar refractivity (Wildman–Crippen MR) is 76.1 cm³/mol. The molecule has 0 amide bonds. The van der Waals surface area contributed by atoms with Gasteiger partial charge in [-0.05, 0) is 39.0 Å². The van der Waals surface area contributed by atoms with Gasteiger partial charge in [-0.2, -0.15) is 0 Å². The van der Waals surface area contributed by atoms with Crippen molar-refractivity contribution in [3.63, 3.8) is 0 Å².